The number of pyridine rings is 1. The van der Waals surface area contributed by atoms with Gasteiger partial charge in [-0.1, -0.05) is 12.1 Å². The summed E-state index contributed by atoms with van der Waals surface area (Å²) < 4.78 is 0. The molecule has 0 saturated carbocycles. The van der Waals surface area contributed by atoms with E-state index in [1.165, 1.54) is 0 Å². The van der Waals surface area contributed by atoms with Gasteiger partial charge < -0.3 is 10.6 Å². The molecular formula is C15H17N3O. The molecule has 2 aromatic rings. The standard InChI is InChI=1S/C15H17N3O/c19-15(12-4-2-7-16-10-12)18-14-5-1-3-11-9-17-8-6-13(11)14/h1,3,5-6,8-9,12,16H,2,4,7,10H2,(H,18,19)/t12-/m1/s1. The molecule has 1 atom stereocenters. The van der Waals surface area contributed by atoms with E-state index in [2.05, 4.69) is 15.6 Å². The number of hydrogen-bond acceptors (Lipinski definition) is 3. The van der Waals surface area contributed by atoms with Crippen LogP contribution >= 0.6 is 0 Å². The van der Waals surface area contributed by atoms with Gasteiger partial charge in [0.1, 0.15) is 0 Å². The molecule has 0 bridgehead atoms. The molecule has 4 heteroatoms. The van der Waals surface area contributed by atoms with Crippen LogP contribution in [0.5, 0.6) is 0 Å². The van der Waals surface area contributed by atoms with Crippen LogP contribution in [0, 0.1) is 5.92 Å². The topological polar surface area (TPSA) is 54.0 Å². The number of benzene rings is 1. The summed E-state index contributed by atoms with van der Waals surface area (Å²) in [6.45, 7) is 1.79. The van der Waals surface area contributed by atoms with Gasteiger partial charge in [-0.3, -0.25) is 9.78 Å². The van der Waals surface area contributed by atoms with Gasteiger partial charge in [-0.25, -0.2) is 0 Å². The first-order valence-corrected chi connectivity index (χ1v) is 6.69. The van der Waals surface area contributed by atoms with Gasteiger partial charge in [0.15, 0.2) is 0 Å². The number of nitrogens with one attached hydrogen (secondary N) is 2. The number of amides is 1. The average Bonchev–Trinajstić information content (AvgIpc) is 2.48. The lowest BCUT2D eigenvalue weighted by atomic mass is 9.98. The number of carbonyl (C=O) groups excluding carboxylic acids is 1. The van der Waals surface area contributed by atoms with Crippen molar-refractivity contribution in [3.63, 3.8) is 0 Å². The van der Waals surface area contributed by atoms with Gasteiger partial charge in [0.25, 0.3) is 0 Å². The number of nitrogens with zero attached hydrogens (tertiary/aromatic N) is 1. The number of rotatable bonds is 2. The fourth-order valence-electron chi connectivity index (χ4n) is 2.54. The first kappa shape index (κ1) is 12.1. The third-order valence-electron chi connectivity index (χ3n) is 3.61. The number of aromatic nitrogens is 1. The maximum Gasteiger partial charge on any atom is 0.228 e. The zero-order chi connectivity index (χ0) is 13.1. The molecule has 0 spiro atoms. The Bertz CT molecular complexity index is 585. The fraction of sp³-hybridized carbons (Fsp3) is 0.333. The second-order valence-electron chi connectivity index (χ2n) is 4.93. The van der Waals surface area contributed by atoms with Gasteiger partial charge in [-0.05, 0) is 31.5 Å². The Morgan fingerprint density at radius 1 is 1.37 bits per heavy atom. The van der Waals surface area contributed by atoms with Crippen LogP contribution in [0.3, 0.4) is 0 Å². The average molecular weight is 255 g/mol. The largest absolute Gasteiger partial charge is 0.325 e. The summed E-state index contributed by atoms with van der Waals surface area (Å²) in [5, 5.41) is 8.40. The predicted molar refractivity (Wildman–Crippen MR) is 76.0 cm³/mol. The SMILES string of the molecule is O=C(Nc1cccc2cnccc12)[C@@H]1CCCNC1. The highest BCUT2D eigenvalue weighted by Gasteiger charge is 2.21. The van der Waals surface area contributed by atoms with Crippen LogP contribution in [0.15, 0.2) is 36.7 Å². The quantitative estimate of drug-likeness (QED) is 0.864. The molecule has 0 aliphatic carbocycles. The molecule has 0 radical (unpaired) electrons. The van der Waals surface area contributed by atoms with Crippen molar-refractivity contribution in [2.24, 2.45) is 5.92 Å². The first-order chi connectivity index (χ1) is 9.34. The van der Waals surface area contributed by atoms with Gasteiger partial charge in [0.05, 0.1) is 5.92 Å². The summed E-state index contributed by atoms with van der Waals surface area (Å²) in [5.41, 5.74) is 0.871. The van der Waals surface area contributed by atoms with Crippen molar-refractivity contribution in [2.45, 2.75) is 12.8 Å². The van der Waals surface area contributed by atoms with Crippen LogP contribution < -0.4 is 10.6 Å². The molecule has 2 N–H and O–H groups in total. The minimum atomic E-state index is 0.0749. The van der Waals surface area contributed by atoms with E-state index >= 15 is 0 Å². The van der Waals surface area contributed by atoms with Crippen LogP contribution in [0.1, 0.15) is 12.8 Å². The maximum atomic E-state index is 12.2. The molecule has 1 saturated heterocycles. The fourth-order valence-corrected chi connectivity index (χ4v) is 2.54. The molecule has 3 rings (SSSR count). The Morgan fingerprint density at radius 3 is 3.16 bits per heavy atom. The number of anilines is 1. The molecule has 1 aliphatic heterocycles. The minimum absolute atomic E-state index is 0.0749. The van der Waals surface area contributed by atoms with Crippen molar-refractivity contribution >= 4 is 22.4 Å². The molecule has 1 aromatic carbocycles. The summed E-state index contributed by atoms with van der Waals surface area (Å²) in [5.74, 6) is 0.183. The summed E-state index contributed by atoms with van der Waals surface area (Å²) >= 11 is 0. The van der Waals surface area contributed by atoms with Gasteiger partial charge in [0, 0.05) is 35.4 Å². The summed E-state index contributed by atoms with van der Waals surface area (Å²) in [4.78, 5) is 16.3. The number of fused-ring (bicyclic) bond motifs is 1. The van der Waals surface area contributed by atoms with E-state index in [0.29, 0.717) is 0 Å². The summed E-state index contributed by atoms with van der Waals surface area (Å²) in [6, 6.07) is 7.82. The summed E-state index contributed by atoms with van der Waals surface area (Å²) in [6.07, 6.45) is 5.59. The molecule has 98 valence electrons. The van der Waals surface area contributed by atoms with Gasteiger partial charge >= 0.3 is 0 Å². The van der Waals surface area contributed by atoms with Crippen LogP contribution in [0.2, 0.25) is 0 Å². The van der Waals surface area contributed by atoms with E-state index in [1.807, 2.05) is 30.5 Å². The number of carbonyl (C=O) groups is 1. The Hall–Kier alpha value is -1.94. The molecule has 19 heavy (non-hydrogen) atoms. The number of piperidine rings is 1. The molecular weight excluding hydrogens is 238 g/mol. The highest BCUT2D eigenvalue weighted by molar-refractivity contribution is 6.02. The lowest BCUT2D eigenvalue weighted by Gasteiger charge is -2.22. The third-order valence-corrected chi connectivity index (χ3v) is 3.61. The van der Waals surface area contributed by atoms with Crippen molar-refractivity contribution in [2.75, 3.05) is 18.4 Å². The molecule has 0 unspecified atom stereocenters. The van der Waals surface area contributed by atoms with E-state index < -0.39 is 0 Å². The molecule has 4 nitrogen and oxygen atoms in total. The Balaban J connectivity index is 1.82. The zero-order valence-corrected chi connectivity index (χ0v) is 10.7. The first-order valence-electron chi connectivity index (χ1n) is 6.69. The van der Waals surface area contributed by atoms with E-state index in [1.54, 1.807) is 6.20 Å². The van der Waals surface area contributed by atoms with Crippen molar-refractivity contribution in [3.05, 3.63) is 36.7 Å². The third kappa shape index (κ3) is 2.58. The van der Waals surface area contributed by atoms with Crippen LogP contribution in [-0.2, 0) is 4.79 Å². The van der Waals surface area contributed by atoms with E-state index in [-0.39, 0.29) is 11.8 Å². The monoisotopic (exact) mass is 255 g/mol. The van der Waals surface area contributed by atoms with Crippen molar-refractivity contribution in [3.8, 4) is 0 Å². The van der Waals surface area contributed by atoms with Crippen molar-refractivity contribution in [1.82, 2.24) is 10.3 Å². The van der Waals surface area contributed by atoms with Gasteiger partial charge in [-0.2, -0.15) is 0 Å². The van der Waals surface area contributed by atoms with Crippen molar-refractivity contribution < 1.29 is 4.79 Å². The lowest BCUT2D eigenvalue weighted by Crippen LogP contribution is -2.37. The summed E-state index contributed by atoms with van der Waals surface area (Å²) in [7, 11) is 0. The minimum Gasteiger partial charge on any atom is -0.325 e. The smallest absolute Gasteiger partial charge is 0.228 e. The second-order valence-corrected chi connectivity index (χ2v) is 4.93. The normalized spacial score (nSPS) is 19.3. The van der Waals surface area contributed by atoms with Gasteiger partial charge in [0.2, 0.25) is 5.91 Å². The Labute approximate surface area is 112 Å². The number of hydrogen-bond donors (Lipinski definition) is 2. The van der Waals surface area contributed by atoms with E-state index in [0.717, 1.165) is 42.4 Å². The van der Waals surface area contributed by atoms with Crippen LogP contribution in [-0.4, -0.2) is 24.0 Å². The molecule has 1 aliphatic rings. The second kappa shape index (κ2) is 5.36. The highest BCUT2D eigenvalue weighted by Crippen LogP contribution is 2.23. The van der Waals surface area contributed by atoms with Gasteiger partial charge in [-0.15, -0.1) is 0 Å². The highest BCUT2D eigenvalue weighted by atomic mass is 16.1. The van der Waals surface area contributed by atoms with Crippen molar-refractivity contribution in [1.29, 1.82) is 0 Å². The van der Waals surface area contributed by atoms with Crippen LogP contribution in [0.25, 0.3) is 10.8 Å². The Kier molecular flexibility index (Phi) is 3.42. The lowest BCUT2D eigenvalue weighted by molar-refractivity contribution is -0.120. The molecule has 1 aromatic heterocycles. The molecule has 1 amide bonds. The molecule has 2 heterocycles. The van der Waals surface area contributed by atoms with E-state index in [9.17, 15) is 4.79 Å². The zero-order valence-electron chi connectivity index (χ0n) is 10.7. The predicted octanol–water partition coefficient (Wildman–Crippen LogP) is 2.17. The maximum absolute atomic E-state index is 12.2. The molecule has 1 fully saturated rings. The van der Waals surface area contributed by atoms with Crippen LogP contribution in [0.4, 0.5) is 5.69 Å². The van der Waals surface area contributed by atoms with E-state index in [4.69, 9.17) is 0 Å². The Morgan fingerprint density at radius 2 is 2.32 bits per heavy atom.